The van der Waals surface area contributed by atoms with Gasteiger partial charge in [0.2, 0.25) is 5.92 Å². The summed E-state index contributed by atoms with van der Waals surface area (Å²) in [6, 6.07) is 0. The van der Waals surface area contributed by atoms with Crippen LogP contribution in [0.15, 0.2) is 0 Å². The first kappa shape index (κ1) is 9.87. The molecule has 1 aliphatic rings. The van der Waals surface area contributed by atoms with E-state index in [9.17, 15) is 8.78 Å². The Hall–Kier alpha value is 0.872. The minimum atomic E-state index is -2.41. The van der Waals surface area contributed by atoms with Crippen LogP contribution in [0.2, 0.25) is 0 Å². The van der Waals surface area contributed by atoms with Gasteiger partial charge in [0.25, 0.3) is 0 Å². The van der Waals surface area contributed by atoms with E-state index in [4.69, 9.17) is 0 Å². The van der Waals surface area contributed by atoms with Crippen molar-refractivity contribution < 1.29 is 39.9 Å². The van der Waals surface area contributed by atoms with Gasteiger partial charge in [-0.05, 0) is 12.8 Å². The van der Waals surface area contributed by atoms with E-state index in [-0.39, 0.29) is 44.0 Å². The van der Waals surface area contributed by atoms with E-state index in [0.717, 1.165) is 0 Å². The molecule has 0 unspecified atom stereocenters. The van der Waals surface area contributed by atoms with Gasteiger partial charge in [0.05, 0.1) is 0 Å². The maximum absolute atomic E-state index is 12.1. The average Bonchev–Trinajstić information content (AvgIpc) is 1.65. The number of rotatable bonds is 0. The molecule has 0 aliphatic carbocycles. The summed E-state index contributed by atoms with van der Waals surface area (Å²) in [4.78, 5) is 0. The molecule has 0 bridgehead atoms. The standard InChI is InChI=1S/C5H8F2N.U/c6-5(7)1-3-8-4-2-5;/h1-4H2;/q-1;. The van der Waals surface area contributed by atoms with Crippen LogP contribution in [0.5, 0.6) is 0 Å². The third-order valence-electron chi connectivity index (χ3n) is 1.27. The van der Waals surface area contributed by atoms with Crippen LogP contribution in [-0.4, -0.2) is 19.0 Å². The van der Waals surface area contributed by atoms with Gasteiger partial charge < -0.3 is 5.32 Å². The van der Waals surface area contributed by atoms with Gasteiger partial charge in [-0.25, -0.2) is 8.78 Å². The molecule has 0 N–H and O–H groups in total. The van der Waals surface area contributed by atoms with Crippen LogP contribution in [-0.2, 0) is 0 Å². The van der Waals surface area contributed by atoms with Crippen molar-refractivity contribution in [1.82, 2.24) is 0 Å². The van der Waals surface area contributed by atoms with Gasteiger partial charge in [0, 0.05) is 31.1 Å². The molecule has 0 aromatic carbocycles. The number of nitrogens with zero attached hydrogens (tertiary/aromatic N) is 1. The molecule has 1 nitrogen and oxygen atoms in total. The molecular formula is C5H8F2NU-. The monoisotopic (exact) mass is 358 g/mol. The van der Waals surface area contributed by atoms with E-state index < -0.39 is 5.92 Å². The number of halogens is 2. The van der Waals surface area contributed by atoms with E-state index in [0.29, 0.717) is 13.1 Å². The molecule has 0 atom stereocenters. The van der Waals surface area contributed by atoms with E-state index in [1.165, 1.54) is 0 Å². The first-order chi connectivity index (χ1) is 3.71. The smallest absolute Gasteiger partial charge is 0.244 e. The first-order valence-electron chi connectivity index (χ1n) is 2.72. The molecule has 0 radical (unpaired) electrons. The third kappa shape index (κ3) is 3.54. The van der Waals surface area contributed by atoms with E-state index >= 15 is 0 Å². The van der Waals surface area contributed by atoms with E-state index in [2.05, 4.69) is 5.32 Å². The number of hydrogen-bond donors (Lipinski definition) is 0. The fraction of sp³-hybridized carbons (Fsp3) is 1.00. The van der Waals surface area contributed by atoms with E-state index in [1.807, 2.05) is 0 Å². The summed E-state index contributed by atoms with van der Waals surface area (Å²) in [6.07, 6.45) is -0.0972. The molecule has 0 aromatic heterocycles. The van der Waals surface area contributed by atoms with Gasteiger partial charge in [-0.1, -0.05) is 0 Å². The average molecular weight is 358 g/mol. The van der Waals surface area contributed by atoms with Crippen LogP contribution in [0.3, 0.4) is 0 Å². The minimum absolute atomic E-state index is 0. The predicted octanol–water partition coefficient (Wildman–Crippen LogP) is 1.79. The Balaban J connectivity index is 0.000000640. The van der Waals surface area contributed by atoms with Crippen molar-refractivity contribution in [3.8, 4) is 0 Å². The second-order valence-corrected chi connectivity index (χ2v) is 2.03. The fourth-order valence-corrected chi connectivity index (χ4v) is 0.722. The van der Waals surface area contributed by atoms with Crippen molar-refractivity contribution in [1.29, 1.82) is 0 Å². The van der Waals surface area contributed by atoms with Gasteiger partial charge in [-0.3, -0.25) is 0 Å². The third-order valence-corrected chi connectivity index (χ3v) is 1.27. The van der Waals surface area contributed by atoms with Crippen LogP contribution in [0.1, 0.15) is 12.8 Å². The van der Waals surface area contributed by atoms with Gasteiger partial charge in [0.15, 0.2) is 0 Å². The summed E-state index contributed by atoms with van der Waals surface area (Å²) in [5, 5.41) is 3.79. The quantitative estimate of drug-likeness (QED) is 0.627. The SMILES string of the molecule is FC1(F)CC[N-]CC1.[U]. The number of piperidine rings is 1. The van der Waals surface area contributed by atoms with Crippen molar-refractivity contribution in [2.75, 3.05) is 13.1 Å². The van der Waals surface area contributed by atoms with Crippen LogP contribution in [0.4, 0.5) is 8.78 Å². The summed E-state index contributed by atoms with van der Waals surface area (Å²) in [5.41, 5.74) is 0. The van der Waals surface area contributed by atoms with Gasteiger partial charge in [0.1, 0.15) is 0 Å². The normalized spacial score (nSPS) is 24.7. The molecule has 1 heterocycles. The summed E-state index contributed by atoms with van der Waals surface area (Å²) < 4.78 is 24.3. The molecule has 0 amide bonds. The zero-order valence-electron chi connectivity index (χ0n) is 5.03. The Morgan fingerprint density at radius 2 is 1.56 bits per heavy atom. The van der Waals surface area contributed by atoms with Crippen molar-refractivity contribution >= 4 is 0 Å². The summed E-state index contributed by atoms with van der Waals surface area (Å²) in [6.45, 7) is 0.681. The maximum Gasteiger partial charge on any atom is 0.244 e. The maximum atomic E-state index is 12.1. The van der Waals surface area contributed by atoms with Crippen molar-refractivity contribution in [2.45, 2.75) is 18.8 Å². The van der Waals surface area contributed by atoms with Gasteiger partial charge >= 0.3 is 0 Å². The molecule has 9 heavy (non-hydrogen) atoms. The van der Waals surface area contributed by atoms with Crippen molar-refractivity contribution in [2.24, 2.45) is 0 Å². The second-order valence-electron chi connectivity index (χ2n) is 2.03. The molecule has 52 valence electrons. The van der Waals surface area contributed by atoms with Crippen LogP contribution < -0.4 is 0 Å². The fourth-order valence-electron chi connectivity index (χ4n) is 0.722. The Morgan fingerprint density at radius 3 is 1.78 bits per heavy atom. The number of alkyl halides is 2. The molecular weight excluding hydrogens is 350 g/mol. The van der Waals surface area contributed by atoms with Crippen LogP contribution >= 0.6 is 0 Å². The molecule has 1 aliphatic heterocycles. The Labute approximate surface area is 77.0 Å². The Kier molecular flexibility index (Phi) is 4.28. The minimum Gasteiger partial charge on any atom is -0.662 e. The largest absolute Gasteiger partial charge is 0.662 e. The topological polar surface area (TPSA) is 14.1 Å². The van der Waals surface area contributed by atoms with Crippen LogP contribution in [0, 0.1) is 31.1 Å². The summed E-state index contributed by atoms with van der Waals surface area (Å²) >= 11 is 0. The first-order valence-corrected chi connectivity index (χ1v) is 2.72. The summed E-state index contributed by atoms with van der Waals surface area (Å²) in [7, 11) is 0. The van der Waals surface area contributed by atoms with Crippen LogP contribution in [0.25, 0.3) is 5.32 Å². The molecule has 1 fully saturated rings. The molecule has 1 rings (SSSR count). The van der Waals surface area contributed by atoms with E-state index in [1.54, 1.807) is 0 Å². The Morgan fingerprint density at radius 1 is 1.11 bits per heavy atom. The zero-order chi connectivity index (χ0) is 6.04. The molecule has 0 saturated carbocycles. The molecule has 1 saturated heterocycles. The predicted molar refractivity (Wildman–Crippen MR) is 27.3 cm³/mol. The molecule has 4 heteroatoms. The Bertz CT molecular complexity index is 79.0. The second kappa shape index (κ2) is 3.90. The van der Waals surface area contributed by atoms with Crippen molar-refractivity contribution in [3.63, 3.8) is 0 Å². The molecule has 0 aromatic rings. The number of hydrogen-bond acceptors (Lipinski definition) is 0. The summed E-state index contributed by atoms with van der Waals surface area (Å²) in [5.74, 6) is -2.41. The van der Waals surface area contributed by atoms with Crippen molar-refractivity contribution in [3.05, 3.63) is 5.32 Å². The zero-order valence-corrected chi connectivity index (χ0v) is 9.20. The molecule has 0 spiro atoms. The van der Waals surface area contributed by atoms with Gasteiger partial charge in [-0.15, -0.1) is 13.1 Å². The van der Waals surface area contributed by atoms with Gasteiger partial charge in [-0.2, -0.15) is 0 Å².